The quantitative estimate of drug-likeness (QED) is 0.903. The van der Waals surface area contributed by atoms with Crippen LogP contribution >= 0.6 is 27.3 Å². The molecule has 0 unspecified atom stereocenters. The lowest BCUT2D eigenvalue weighted by Gasteiger charge is -2.09. The maximum atomic E-state index is 12.0. The van der Waals surface area contributed by atoms with E-state index in [4.69, 9.17) is 0 Å². The number of rotatable bonds is 3. The van der Waals surface area contributed by atoms with Crippen LogP contribution in [-0.4, -0.2) is 18.9 Å². The summed E-state index contributed by atoms with van der Waals surface area (Å²) >= 11 is 4.65. The van der Waals surface area contributed by atoms with E-state index in [9.17, 15) is 9.59 Å². The van der Waals surface area contributed by atoms with Crippen LogP contribution in [0.4, 0.5) is 5.69 Å². The Morgan fingerprint density at radius 1 is 1.11 bits per heavy atom. The number of nitrogens with one attached hydrogen (secondary N) is 2. The summed E-state index contributed by atoms with van der Waals surface area (Å²) < 4.78 is 0.886. The molecule has 0 saturated carbocycles. The SMILES string of the molecule is CNC(=O)c1ccccc1NC(=O)c1ccc(Br)s1. The Kier molecular flexibility index (Phi) is 4.34. The molecule has 0 aliphatic heterocycles. The minimum absolute atomic E-state index is 0.230. The number of hydrogen-bond donors (Lipinski definition) is 2. The molecule has 0 aliphatic rings. The molecule has 1 heterocycles. The number of hydrogen-bond acceptors (Lipinski definition) is 3. The van der Waals surface area contributed by atoms with E-state index in [-0.39, 0.29) is 11.8 Å². The summed E-state index contributed by atoms with van der Waals surface area (Å²) in [6.07, 6.45) is 0. The highest BCUT2D eigenvalue weighted by Crippen LogP contribution is 2.23. The smallest absolute Gasteiger partial charge is 0.265 e. The van der Waals surface area contributed by atoms with Gasteiger partial charge in [0, 0.05) is 7.05 Å². The maximum absolute atomic E-state index is 12.0. The number of para-hydroxylation sites is 1. The van der Waals surface area contributed by atoms with Gasteiger partial charge in [-0.15, -0.1) is 11.3 Å². The first-order chi connectivity index (χ1) is 9.11. The fourth-order valence-electron chi connectivity index (χ4n) is 1.55. The molecular weight excluding hydrogens is 328 g/mol. The van der Waals surface area contributed by atoms with Gasteiger partial charge in [-0.2, -0.15) is 0 Å². The average Bonchev–Trinajstić information content (AvgIpc) is 2.85. The molecule has 0 saturated heterocycles. The molecule has 0 bridgehead atoms. The topological polar surface area (TPSA) is 58.2 Å². The zero-order valence-electron chi connectivity index (χ0n) is 10.1. The molecule has 1 aromatic heterocycles. The molecule has 0 fully saturated rings. The first-order valence-corrected chi connectivity index (χ1v) is 7.10. The van der Waals surface area contributed by atoms with Gasteiger partial charge in [0.05, 0.1) is 19.9 Å². The number of benzene rings is 1. The summed E-state index contributed by atoms with van der Waals surface area (Å²) in [4.78, 5) is 24.3. The van der Waals surface area contributed by atoms with E-state index in [2.05, 4.69) is 26.6 Å². The molecule has 6 heteroatoms. The largest absolute Gasteiger partial charge is 0.355 e. The molecule has 2 N–H and O–H groups in total. The number of carbonyl (C=O) groups excluding carboxylic acids is 2. The second-order valence-corrected chi connectivity index (χ2v) is 6.15. The molecule has 0 aliphatic carbocycles. The van der Waals surface area contributed by atoms with Crippen LogP contribution in [0.5, 0.6) is 0 Å². The summed E-state index contributed by atoms with van der Waals surface area (Å²) in [6, 6.07) is 10.4. The molecule has 2 rings (SSSR count). The van der Waals surface area contributed by atoms with Crippen molar-refractivity contribution in [2.24, 2.45) is 0 Å². The fraction of sp³-hybridized carbons (Fsp3) is 0.0769. The Morgan fingerprint density at radius 3 is 2.47 bits per heavy atom. The summed E-state index contributed by atoms with van der Waals surface area (Å²) in [5.41, 5.74) is 0.936. The predicted octanol–water partition coefficient (Wildman–Crippen LogP) is 3.12. The average molecular weight is 339 g/mol. The lowest BCUT2D eigenvalue weighted by atomic mass is 10.1. The van der Waals surface area contributed by atoms with Gasteiger partial charge in [-0.3, -0.25) is 9.59 Å². The first kappa shape index (κ1) is 13.8. The Balaban J connectivity index is 2.24. The van der Waals surface area contributed by atoms with E-state index in [1.54, 1.807) is 37.4 Å². The van der Waals surface area contributed by atoms with Gasteiger partial charge in [0.2, 0.25) is 0 Å². The Hall–Kier alpha value is -1.66. The van der Waals surface area contributed by atoms with Gasteiger partial charge in [0.15, 0.2) is 0 Å². The third-order valence-electron chi connectivity index (χ3n) is 2.44. The molecule has 2 aromatic rings. The summed E-state index contributed by atoms with van der Waals surface area (Å²) in [7, 11) is 1.55. The van der Waals surface area contributed by atoms with Crippen LogP contribution in [0.3, 0.4) is 0 Å². The van der Waals surface area contributed by atoms with Gasteiger partial charge in [-0.25, -0.2) is 0 Å². The second kappa shape index (κ2) is 5.99. The second-order valence-electron chi connectivity index (χ2n) is 3.68. The fourth-order valence-corrected chi connectivity index (χ4v) is 2.83. The summed E-state index contributed by atoms with van der Waals surface area (Å²) in [6.45, 7) is 0. The van der Waals surface area contributed by atoms with Gasteiger partial charge in [0.1, 0.15) is 0 Å². The van der Waals surface area contributed by atoms with Gasteiger partial charge in [-0.1, -0.05) is 12.1 Å². The normalized spacial score (nSPS) is 10.0. The van der Waals surface area contributed by atoms with Crippen molar-refractivity contribution in [3.63, 3.8) is 0 Å². The van der Waals surface area contributed by atoms with Gasteiger partial charge in [0.25, 0.3) is 11.8 Å². The highest BCUT2D eigenvalue weighted by molar-refractivity contribution is 9.11. The van der Waals surface area contributed by atoms with Crippen molar-refractivity contribution in [1.29, 1.82) is 0 Å². The number of thiophene rings is 1. The van der Waals surface area contributed by atoms with Crippen LogP contribution in [0, 0.1) is 0 Å². The molecule has 1 aromatic carbocycles. The van der Waals surface area contributed by atoms with E-state index in [0.717, 1.165) is 3.79 Å². The molecular formula is C13H11BrN2O2S. The number of carbonyl (C=O) groups is 2. The van der Waals surface area contributed by atoms with E-state index in [1.807, 2.05) is 6.07 Å². The molecule has 2 amide bonds. The van der Waals surface area contributed by atoms with E-state index in [0.29, 0.717) is 16.1 Å². The Labute approximate surface area is 123 Å². The minimum atomic E-state index is -0.233. The molecule has 0 atom stereocenters. The van der Waals surface area contributed by atoms with E-state index >= 15 is 0 Å². The maximum Gasteiger partial charge on any atom is 0.265 e. The standard InChI is InChI=1S/C13H11BrN2O2S/c1-15-12(17)8-4-2-3-5-9(8)16-13(18)10-6-7-11(14)19-10/h2-7H,1H3,(H,15,17)(H,16,18). The van der Waals surface area contributed by atoms with Crippen LogP contribution in [0.15, 0.2) is 40.2 Å². The zero-order chi connectivity index (χ0) is 13.8. The van der Waals surface area contributed by atoms with Crippen molar-refractivity contribution in [3.8, 4) is 0 Å². The number of amides is 2. The third kappa shape index (κ3) is 3.21. The molecule has 98 valence electrons. The van der Waals surface area contributed by atoms with Crippen molar-refractivity contribution < 1.29 is 9.59 Å². The third-order valence-corrected chi connectivity index (χ3v) is 4.07. The first-order valence-electron chi connectivity index (χ1n) is 5.49. The highest BCUT2D eigenvalue weighted by atomic mass is 79.9. The lowest BCUT2D eigenvalue weighted by Crippen LogP contribution is -2.21. The van der Waals surface area contributed by atoms with Gasteiger partial charge in [-0.05, 0) is 40.2 Å². The Bertz CT molecular complexity index is 625. The van der Waals surface area contributed by atoms with Crippen LogP contribution < -0.4 is 10.6 Å². The van der Waals surface area contributed by atoms with Crippen molar-refractivity contribution in [2.75, 3.05) is 12.4 Å². The van der Waals surface area contributed by atoms with Crippen molar-refractivity contribution in [3.05, 3.63) is 50.6 Å². The lowest BCUT2D eigenvalue weighted by molar-refractivity contribution is 0.0964. The Morgan fingerprint density at radius 2 is 1.84 bits per heavy atom. The number of halogens is 1. The number of anilines is 1. The van der Waals surface area contributed by atoms with Crippen LogP contribution in [0.2, 0.25) is 0 Å². The molecule has 4 nitrogen and oxygen atoms in total. The minimum Gasteiger partial charge on any atom is -0.355 e. The summed E-state index contributed by atoms with van der Waals surface area (Å²) in [5, 5.41) is 5.29. The molecule has 0 spiro atoms. The highest BCUT2D eigenvalue weighted by Gasteiger charge is 2.13. The van der Waals surface area contributed by atoms with E-state index < -0.39 is 0 Å². The van der Waals surface area contributed by atoms with Crippen LogP contribution in [-0.2, 0) is 0 Å². The van der Waals surface area contributed by atoms with E-state index in [1.165, 1.54) is 11.3 Å². The van der Waals surface area contributed by atoms with Gasteiger partial charge >= 0.3 is 0 Å². The monoisotopic (exact) mass is 338 g/mol. The summed E-state index contributed by atoms with van der Waals surface area (Å²) in [5.74, 6) is -0.463. The van der Waals surface area contributed by atoms with Crippen molar-refractivity contribution >= 4 is 44.8 Å². The van der Waals surface area contributed by atoms with Crippen LogP contribution in [0.25, 0.3) is 0 Å². The van der Waals surface area contributed by atoms with Crippen molar-refractivity contribution in [1.82, 2.24) is 5.32 Å². The van der Waals surface area contributed by atoms with Gasteiger partial charge < -0.3 is 10.6 Å². The zero-order valence-corrected chi connectivity index (χ0v) is 12.5. The molecule has 19 heavy (non-hydrogen) atoms. The molecule has 0 radical (unpaired) electrons. The van der Waals surface area contributed by atoms with Crippen molar-refractivity contribution in [2.45, 2.75) is 0 Å². The predicted molar refractivity (Wildman–Crippen MR) is 79.8 cm³/mol. The van der Waals surface area contributed by atoms with Crippen LogP contribution in [0.1, 0.15) is 20.0 Å².